The van der Waals surface area contributed by atoms with Gasteiger partial charge in [0.1, 0.15) is 0 Å². The summed E-state index contributed by atoms with van der Waals surface area (Å²) in [7, 11) is 0. The Bertz CT molecular complexity index is 549. The molecule has 0 bridgehead atoms. The number of nitrogens with two attached hydrogens (primary N) is 1. The van der Waals surface area contributed by atoms with Crippen molar-refractivity contribution in [2.45, 2.75) is 6.18 Å². The Morgan fingerprint density at radius 3 is 2.59 bits per heavy atom. The SMILES string of the molecule is Nc1cnc(-n2ccc(C(F)(F)F)n2)c(Br)c1. The topological polar surface area (TPSA) is 56.7 Å². The van der Waals surface area contributed by atoms with Crippen molar-refractivity contribution in [3.63, 3.8) is 0 Å². The van der Waals surface area contributed by atoms with Crippen LogP contribution in [0, 0.1) is 0 Å². The second-order valence-electron chi connectivity index (χ2n) is 3.22. The Morgan fingerprint density at radius 2 is 2.06 bits per heavy atom. The molecule has 0 radical (unpaired) electrons. The number of anilines is 1. The average Bonchev–Trinajstić information content (AvgIpc) is 2.65. The van der Waals surface area contributed by atoms with Crippen molar-refractivity contribution in [3.05, 3.63) is 34.7 Å². The van der Waals surface area contributed by atoms with Crippen LogP contribution in [0.25, 0.3) is 5.82 Å². The highest BCUT2D eigenvalue weighted by Crippen LogP contribution is 2.28. The number of hydrogen-bond acceptors (Lipinski definition) is 3. The lowest BCUT2D eigenvalue weighted by Gasteiger charge is -2.04. The maximum Gasteiger partial charge on any atom is 0.435 e. The Balaban J connectivity index is 2.44. The zero-order chi connectivity index (χ0) is 12.6. The number of nitrogen functional groups attached to an aromatic ring is 1. The fraction of sp³-hybridized carbons (Fsp3) is 0.111. The molecule has 0 atom stereocenters. The summed E-state index contributed by atoms with van der Waals surface area (Å²) in [6.07, 6.45) is -1.94. The number of alkyl halides is 3. The fourth-order valence-electron chi connectivity index (χ4n) is 1.21. The molecule has 0 saturated heterocycles. The van der Waals surface area contributed by atoms with Crippen LogP contribution >= 0.6 is 15.9 Å². The minimum atomic E-state index is -4.47. The van der Waals surface area contributed by atoms with Crippen LogP contribution in [0.5, 0.6) is 0 Å². The molecule has 2 aromatic heterocycles. The van der Waals surface area contributed by atoms with Gasteiger partial charge in [0, 0.05) is 6.20 Å². The molecule has 2 N–H and O–H groups in total. The van der Waals surface area contributed by atoms with Crippen molar-refractivity contribution >= 4 is 21.6 Å². The molecule has 2 aromatic rings. The van der Waals surface area contributed by atoms with E-state index in [2.05, 4.69) is 26.0 Å². The molecule has 0 aliphatic carbocycles. The van der Waals surface area contributed by atoms with Crippen LogP contribution in [0.1, 0.15) is 5.69 Å². The molecular weight excluding hydrogens is 301 g/mol. The molecule has 0 fully saturated rings. The van der Waals surface area contributed by atoms with E-state index in [0.29, 0.717) is 10.2 Å². The maximum atomic E-state index is 12.4. The smallest absolute Gasteiger partial charge is 0.397 e. The van der Waals surface area contributed by atoms with E-state index >= 15 is 0 Å². The van der Waals surface area contributed by atoms with Gasteiger partial charge in [-0.1, -0.05) is 0 Å². The summed E-state index contributed by atoms with van der Waals surface area (Å²) in [5.41, 5.74) is 4.91. The largest absolute Gasteiger partial charge is 0.435 e. The standard InChI is InChI=1S/C9H6BrF3N4/c10-6-3-5(14)4-15-8(6)17-2-1-7(16-17)9(11,12)13/h1-4H,14H2. The van der Waals surface area contributed by atoms with Crippen LogP contribution in [0.4, 0.5) is 18.9 Å². The third-order valence-corrected chi connectivity index (χ3v) is 2.52. The van der Waals surface area contributed by atoms with Gasteiger partial charge in [-0.15, -0.1) is 0 Å². The molecule has 0 amide bonds. The third-order valence-electron chi connectivity index (χ3n) is 1.94. The molecule has 17 heavy (non-hydrogen) atoms. The van der Waals surface area contributed by atoms with Crippen LogP contribution < -0.4 is 5.73 Å². The number of halogens is 4. The summed E-state index contributed by atoms with van der Waals surface area (Å²) in [6.45, 7) is 0. The van der Waals surface area contributed by atoms with Gasteiger partial charge in [0.2, 0.25) is 0 Å². The number of nitrogens with zero attached hydrogens (tertiary/aromatic N) is 3. The number of rotatable bonds is 1. The van der Waals surface area contributed by atoms with Gasteiger partial charge >= 0.3 is 6.18 Å². The van der Waals surface area contributed by atoms with Gasteiger partial charge in [0.15, 0.2) is 11.5 Å². The second-order valence-corrected chi connectivity index (χ2v) is 4.07. The first-order valence-electron chi connectivity index (χ1n) is 4.42. The van der Waals surface area contributed by atoms with Crippen LogP contribution in [0.2, 0.25) is 0 Å². The molecule has 0 aliphatic rings. The summed E-state index contributed by atoms with van der Waals surface area (Å²) in [6, 6.07) is 2.42. The van der Waals surface area contributed by atoms with E-state index in [1.165, 1.54) is 18.5 Å². The molecule has 0 saturated carbocycles. The zero-order valence-electron chi connectivity index (χ0n) is 8.24. The molecule has 0 aliphatic heterocycles. The Hall–Kier alpha value is -1.57. The predicted molar refractivity (Wildman–Crippen MR) is 58.5 cm³/mol. The van der Waals surface area contributed by atoms with Crippen molar-refractivity contribution in [3.8, 4) is 5.82 Å². The zero-order valence-corrected chi connectivity index (χ0v) is 9.83. The van der Waals surface area contributed by atoms with Crippen LogP contribution in [0.15, 0.2) is 29.0 Å². The van der Waals surface area contributed by atoms with Gasteiger partial charge in [-0.2, -0.15) is 18.3 Å². The molecule has 0 spiro atoms. The van der Waals surface area contributed by atoms with Crippen molar-refractivity contribution < 1.29 is 13.2 Å². The van der Waals surface area contributed by atoms with E-state index in [9.17, 15) is 13.2 Å². The highest BCUT2D eigenvalue weighted by atomic mass is 79.9. The molecule has 0 aromatic carbocycles. The average molecular weight is 307 g/mol. The summed E-state index contributed by atoms with van der Waals surface area (Å²) < 4.78 is 38.6. The first kappa shape index (κ1) is 11.9. The monoisotopic (exact) mass is 306 g/mol. The van der Waals surface area contributed by atoms with Crippen molar-refractivity contribution in [1.82, 2.24) is 14.8 Å². The van der Waals surface area contributed by atoms with Gasteiger partial charge < -0.3 is 5.73 Å². The van der Waals surface area contributed by atoms with E-state index in [4.69, 9.17) is 5.73 Å². The van der Waals surface area contributed by atoms with Crippen LogP contribution in [0.3, 0.4) is 0 Å². The lowest BCUT2D eigenvalue weighted by Crippen LogP contribution is -2.08. The van der Waals surface area contributed by atoms with E-state index in [-0.39, 0.29) is 5.82 Å². The predicted octanol–water partition coefficient (Wildman–Crippen LogP) is 2.63. The van der Waals surface area contributed by atoms with Crippen LogP contribution in [-0.4, -0.2) is 14.8 Å². The van der Waals surface area contributed by atoms with Crippen LogP contribution in [-0.2, 0) is 6.18 Å². The van der Waals surface area contributed by atoms with Gasteiger partial charge in [-0.3, -0.25) is 0 Å². The van der Waals surface area contributed by atoms with Gasteiger partial charge in [0.25, 0.3) is 0 Å². The Morgan fingerprint density at radius 1 is 1.35 bits per heavy atom. The van der Waals surface area contributed by atoms with Gasteiger partial charge in [0.05, 0.1) is 16.4 Å². The Labute approximate surface area is 102 Å². The van der Waals surface area contributed by atoms with Crippen molar-refractivity contribution in [1.29, 1.82) is 0 Å². The van der Waals surface area contributed by atoms with Crippen molar-refractivity contribution in [2.24, 2.45) is 0 Å². The molecule has 4 nitrogen and oxygen atoms in total. The summed E-state index contributed by atoms with van der Waals surface area (Å²) in [5.74, 6) is 0.245. The Kier molecular flexibility index (Phi) is 2.82. The second kappa shape index (κ2) is 4.02. The minimum absolute atomic E-state index is 0.245. The fourth-order valence-corrected chi connectivity index (χ4v) is 1.76. The summed E-state index contributed by atoms with van der Waals surface area (Å²) >= 11 is 3.16. The first-order chi connectivity index (χ1) is 7.88. The molecule has 0 unspecified atom stereocenters. The highest BCUT2D eigenvalue weighted by molar-refractivity contribution is 9.10. The molecule has 2 rings (SSSR count). The first-order valence-corrected chi connectivity index (χ1v) is 5.21. The number of pyridine rings is 1. The molecule has 2 heterocycles. The summed E-state index contributed by atoms with van der Waals surface area (Å²) in [4.78, 5) is 3.90. The molecule has 8 heteroatoms. The normalized spacial score (nSPS) is 11.8. The lowest BCUT2D eigenvalue weighted by atomic mass is 10.4. The lowest BCUT2D eigenvalue weighted by molar-refractivity contribution is -0.141. The number of hydrogen-bond donors (Lipinski definition) is 1. The van der Waals surface area contributed by atoms with Crippen molar-refractivity contribution in [2.75, 3.05) is 5.73 Å². The minimum Gasteiger partial charge on any atom is -0.397 e. The summed E-state index contributed by atoms with van der Waals surface area (Å²) in [5, 5.41) is 3.40. The van der Waals surface area contributed by atoms with Gasteiger partial charge in [-0.25, -0.2) is 9.67 Å². The maximum absolute atomic E-state index is 12.4. The molecule has 90 valence electrons. The quantitative estimate of drug-likeness (QED) is 0.881. The third kappa shape index (κ3) is 2.41. The number of aromatic nitrogens is 3. The van der Waals surface area contributed by atoms with E-state index < -0.39 is 11.9 Å². The highest BCUT2D eigenvalue weighted by Gasteiger charge is 2.33. The van der Waals surface area contributed by atoms with E-state index in [1.54, 1.807) is 0 Å². The molecular formula is C9H6BrF3N4. The van der Waals surface area contributed by atoms with E-state index in [1.807, 2.05) is 0 Å². The van der Waals surface area contributed by atoms with Gasteiger partial charge in [-0.05, 0) is 28.1 Å². The van der Waals surface area contributed by atoms with E-state index in [0.717, 1.165) is 10.7 Å².